The van der Waals surface area contributed by atoms with Gasteiger partial charge in [-0.3, -0.25) is 9.36 Å². The van der Waals surface area contributed by atoms with Crippen LogP contribution in [0.2, 0.25) is 10.0 Å². The Labute approximate surface area is 204 Å². The molecule has 4 aromatic rings. The minimum absolute atomic E-state index is 0.238. The predicted octanol–water partition coefficient (Wildman–Crippen LogP) is 6.30. The highest BCUT2D eigenvalue weighted by molar-refractivity contribution is 8.00. The van der Waals surface area contributed by atoms with E-state index in [9.17, 15) is 14.7 Å². The van der Waals surface area contributed by atoms with E-state index in [0.717, 1.165) is 16.5 Å². The molecule has 0 aliphatic rings. The quantitative estimate of drug-likeness (QED) is 0.291. The molecule has 1 amide bonds. The second kappa shape index (κ2) is 10.2. The molecule has 0 fully saturated rings. The first kappa shape index (κ1) is 23.0. The van der Waals surface area contributed by atoms with Crippen LogP contribution in [0.4, 0.5) is 10.5 Å². The first-order valence-corrected chi connectivity index (χ1v) is 11.5. The van der Waals surface area contributed by atoms with Gasteiger partial charge in [0, 0.05) is 38.8 Å². The number of rotatable bonds is 7. The van der Waals surface area contributed by atoms with Crippen LogP contribution in [-0.4, -0.2) is 28.2 Å². The van der Waals surface area contributed by atoms with Gasteiger partial charge in [-0.25, -0.2) is 4.79 Å². The SMILES string of the molecule is O=C(O)CN(Sc1cc(Cl)cc(Cl)c1)c1ccc2c(ccn2C(=O)NCc2ccccc2)c1. The summed E-state index contributed by atoms with van der Waals surface area (Å²) in [6.07, 6.45) is 1.69. The Morgan fingerprint density at radius 3 is 2.39 bits per heavy atom. The van der Waals surface area contributed by atoms with Crippen LogP contribution in [0.25, 0.3) is 10.9 Å². The van der Waals surface area contributed by atoms with Gasteiger partial charge >= 0.3 is 12.0 Å². The number of aromatic nitrogens is 1. The zero-order valence-electron chi connectivity index (χ0n) is 17.2. The minimum Gasteiger partial charge on any atom is -0.480 e. The van der Waals surface area contributed by atoms with Gasteiger partial charge in [-0.2, -0.15) is 0 Å². The Bertz CT molecular complexity index is 1290. The Morgan fingerprint density at radius 2 is 1.70 bits per heavy atom. The number of halogens is 2. The second-order valence-electron chi connectivity index (χ2n) is 7.20. The summed E-state index contributed by atoms with van der Waals surface area (Å²) in [5.74, 6) is -0.978. The van der Waals surface area contributed by atoms with E-state index in [2.05, 4.69) is 5.32 Å². The molecule has 0 aliphatic heterocycles. The van der Waals surface area contributed by atoms with Gasteiger partial charge in [0.15, 0.2) is 0 Å². The Morgan fingerprint density at radius 1 is 0.970 bits per heavy atom. The summed E-state index contributed by atoms with van der Waals surface area (Å²) in [5.41, 5.74) is 2.40. The molecular weight excluding hydrogens is 481 g/mol. The molecule has 0 atom stereocenters. The number of nitrogens with one attached hydrogen (secondary N) is 1. The van der Waals surface area contributed by atoms with Gasteiger partial charge in [-0.15, -0.1) is 0 Å². The van der Waals surface area contributed by atoms with E-state index < -0.39 is 5.97 Å². The van der Waals surface area contributed by atoms with Crippen molar-refractivity contribution >= 4 is 63.7 Å². The molecular formula is C24H19Cl2N3O3S. The van der Waals surface area contributed by atoms with E-state index in [1.807, 2.05) is 42.5 Å². The van der Waals surface area contributed by atoms with E-state index in [0.29, 0.717) is 27.2 Å². The number of anilines is 1. The number of carboxylic acid groups (broad SMARTS) is 1. The fourth-order valence-electron chi connectivity index (χ4n) is 3.33. The van der Waals surface area contributed by atoms with Crippen molar-refractivity contribution in [2.75, 3.05) is 10.8 Å². The van der Waals surface area contributed by atoms with Crippen molar-refractivity contribution in [2.45, 2.75) is 11.4 Å². The highest BCUT2D eigenvalue weighted by Gasteiger charge is 2.16. The van der Waals surface area contributed by atoms with Crippen LogP contribution >= 0.6 is 35.1 Å². The second-order valence-corrected chi connectivity index (χ2v) is 9.17. The molecule has 0 bridgehead atoms. The number of nitrogens with zero attached hydrogens (tertiary/aromatic N) is 2. The Kier molecular flexibility index (Phi) is 7.13. The van der Waals surface area contributed by atoms with Crippen LogP contribution in [-0.2, 0) is 11.3 Å². The number of carboxylic acids is 1. The fourth-order valence-corrected chi connectivity index (χ4v) is 4.99. The van der Waals surface area contributed by atoms with Crippen LogP contribution in [0.5, 0.6) is 0 Å². The van der Waals surface area contributed by atoms with Crippen molar-refractivity contribution < 1.29 is 14.7 Å². The summed E-state index contributed by atoms with van der Waals surface area (Å²) in [7, 11) is 0. The van der Waals surface area contributed by atoms with Gasteiger partial charge in [0.2, 0.25) is 0 Å². The lowest BCUT2D eigenvalue weighted by Crippen LogP contribution is -2.27. The maximum absolute atomic E-state index is 12.7. The van der Waals surface area contributed by atoms with Crippen molar-refractivity contribution in [1.29, 1.82) is 0 Å². The third kappa shape index (κ3) is 5.82. The van der Waals surface area contributed by atoms with Crippen molar-refractivity contribution in [3.8, 4) is 0 Å². The first-order valence-electron chi connectivity index (χ1n) is 9.96. The molecule has 2 N–H and O–H groups in total. The van der Waals surface area contributed by atoms with Crippen molar-refractivity contribution in [3.05, 3.63) is 94.6 Å². The average Bonchev–Trinajstić information content (AvgIpc) is 3.20. The smallest absolute Gasteiger partial charge is 0.326 e. The summed E-state index contributed by atoms with van der Waals surface area (Å²) in [5, 5.41) is 14.1. The van der Waals surface area contributed by atoms with Gasteiger partial charge in [-0.1, -0.05) is 53.5 Å². The lowest BCUT2D eigenvalue weighted by atomic mass is 10.2. The maximum Gasteiger partial charge on any atom is 0.326 e. The maximum atomic E-state index is 12.7. The molecule has 33 heavy (non-hydrogen) atoms. The van der Waals surface area contributed by atoms with Crippen molar-refractivity contribution in [2.24, 2.45) is 0 Å². The number of carbonyl (C=O) groups excluding carboxylic acids is 1. The summed E-state index contributed by atoms with van der Waals surface area (Å²) in [6.45, 7) is 0.182. The summed E-state index contributed by atoms with van der Waals surface area (Å²) in [6, 6.07) is 21.7. The van der Waals surface area contributed by atoms with E-state index in [-0.39, 0.29) is 12.6 Å². The fraction of sp³-hybridized carbons (Fsp3) is 0.0833. The van der Waals surface area contributed by atoms with Gasteiger partial charge in [0.25, 0.3) is 0 Å². The molecule has 1 aromatic heterocycles. The van der Waals surface area contributed by atoms with Gasteiger partial charge in [0.1, 0.15) is 6.54 Å². The lowest BCUT2D eigenvalue weighted by molar-refractivity contribution is -0.135. The molecule has 0 saturated heterocycles. The molecule has 0 radical (unpaired) electrons. The topological polar surface area (TPSA) is 74.6 Å². The molecule has 6 nitrogen and oxygen atoms in total. The molecule has 4 rings (SSSR count). The van der Waals surface area contributed by atoms with E-state index in [4.69, 9.17) is 23.2 Å². The van der Waals surface area contributed by atoms with E-state index in [1.165, 1.54) is 16.5 Å². The van der Waals surface area contributed by atoms with Crippen LogP contribution in [0, 0.1) is 0 Å². The van der Waals surface area contributed by atoms with Crippen LogP contribution in [0.1, 0.15) is 5.56 Å². The Balaban J connectivity index is 1.56. The van der Waals surface area contributed by atoms with Crippen molar-refractivity contribution in [3.63, 3.8) is 0 Å². The number of amides is 1. The summed E-state index contributed by atoms with van der Waals surface area (Å²) in [4.78, 5) is 24.9. The number of hydrogen-bond acceptors (Lipinski definition) is 4. The molecule has 0 saturated carbocycles. The first-order chi connectivity index (χ1) is 15.9. The van der Waals surface area contributed by atoms with Crippen LogP contribution in [0.3, 0.4) is 0 Å². The van der Waals surface area contributed by atoms with Crippen LogP contribution in [0.15, 0.2) is 83.9 Å². The zero-order valence-corrected chi connectivity index (χ0v) is 19.6. The number of benzene rings is 3. The Hall–Kier alpha value is -3.13. The third-order valence-corrected chi connectivity index (χ3v) is 6.24. The monoisotopic (exact) mass is 499 g/mol. The standard InChI is InChI=1S/C24H19Cl2N3O3S/c25-18-11-19(26)13-21(12-18)33-29(15-23(30)31)20-6-7-22-17(10-20)8-9-28(22)24(32)27-14-16-4-2-1-3-5-16/h1-13H,14-15H2,(H,27,32)(H,30,31). The summed E-state index contributed by atoms with van der Waals surface area (Å²) >= 11 is 13.4. The highest BCUT2D eigenvalue weighted by Crippen LogP contribution is 2.34. The molecule has 1 heterocycles. The third-order valence-electron chi connectivity index (χ3n) is 4.80. The van der Waals surface area contributed by atoms with Gasteiger partial charge in [0.05, 0.1) is 5.52 Å². The zero-order chi connectivity index (χ0) is 23.4. The molecule has 9 heteroatoms. The molecule has 0 unspecified atom stereocenters. The van der Waals surface area contributed by atoms with Gasteiger partial charge < -0.3 is 14.7 Å². The minimum atomic E-state index is -0.978. The average molecular weight is 500 g/mol. The van der Waals surface area contributed by atoms with Crippen molar-refractivity contribution in [1.82, 2.24) is 9.88 Å². The predicted molar refractivity (Wildman–Crippen MR) is 133 cm³/mol. The molecule has 0 aliphatic carbocycles. The van der Waals surface area contributed by atoms with Gasteiger partial charge in [-0.05, 0) is 60.0 Å². The number of carbonyl (C=O) groups is 2. The molecule has 3 aromatic carbocycles. The summed E-state index contributed by atoms with van der Waals surface area (Å²) < 4.78 is 3.17. The molecule has 168 valence electrons. The number of hydrogen-bond donors (Lipinski definition) is 2. The van der Waals surface area contributed by atoms with E-state index >= 15 is 0 Å². The van der Waals surface area contributed by atoms with E-state index in [1.54, 1.807) is 40.8 Å². The number of fused-ring (bicyclic) bond motifs is 1. The number of aliphatic carboxylic acids is 1. The molecule has 0 spiro atoms. The van der Waals surface area contributed by atoms with Crippen LogP contribution < -0.4 is 9.62 Å². The normalized spacial score (nSPS) is 10.8. The highest BCUT2D eigenvalue weighted by atomic mass is 35.5. The largest absolute Gasteiger partial charge is 0.480 e. The lowest BCUT2D eigenvalue weighted by Gasteiger charge is -2.22.